The van der Waals surface area contributed by atoms with E-state index < -0.39 is 0 Å². The van der Waals surface area contributed by atoms with E-state index in [1.165, 1.54) is 10.9 Å². The first-order valence-electron chi connectivity index (χ1n) is 7.46. The lowest BCUT2D eigenvalue weighted by Gasteiger charge is -2.11. The lowest BCUT2D eigenvalue weighted by atomic mass is 10.1. The molecule has 0 saturated heterocycles. The van der Waals surface area contributed by atoms with E-state index >= 15 is 0 Å². The number of benzene rings is 1. The van der Waals surface area contributed by atoms with Crippen molar-refractivity contribution in [2.24, 2.45) is 0 Å². The fourth-order valence-corrected chi connectivity index (χ4v) is 2.10. The van der Waals surface area contributed by atoms with E-state index in [0.29, 0.717) is 12.6 Å². The molecule has 0 fully saturated rings. The van der Waals surface area contributed by atoms with Crippen molar-refractivity contribution in [3.63, 3.8) is 0 Å². The molecule has 3 heteroatoms. The van der Waals surface area contributed by atoms with Gasteiger partial charge in [0, 0.05) is 23.5 Å². The molecule has 1 atom stereocenters. The number of ether oxygens (including phenoxy) is 1. The average molecular weight is 275 g/mol. The van der Waals surface area contributed by atoms with Gasteiger partial charge in [-0.2, -0.15) is 0 Å². The zero-order chi connectivity index (χ0) is 14.5. The van der Waals surface area contributed by atoms with E-state index in [4.69, 9.17) is 9.15 Å². The molecular formula is C17H25NO2. The maximum absolute atomic E-state index is 5.96. The number of fused-ring (bicyclic) bond motifs is 1. The van der Waals surface area contributed by atoms with Crippen LogP contribution in [-0.2, 0) is 17.9 Å². The number of furan rings is 1. The summed E-state index contributed by atoms with van der Waals surface area (Å²) in [6.45, 7) is 9.88. The minimum atomic E-state index is 0.258. The minimum Gasteiger partial charge on any atom is -0.458 e. The van der Waals surface area contributed by atoms with Gasteiger partial charge in [0.15, 0.2) is 0 Å². The van der Waals surface area contributed by atoms with Gasteiger partial charge in [-0.15, -0.1) is 0 Å². The summed E-state index contributed by atoms with van der Waals surface area (Å²) in [4.78, 5) is 0. The van der Waals surface area contributed by atoms with Crippen LogP contribution < -0.4 is 5.32 Å². The summed E-state index contributed by atoms with van der Waals surface area (Å²) >= 11 is 0. The van der Waals surface area contributed by atoms with Crippen LogP contribution in [0.5, 0.6) is 0 Å². The lowest BCUT2D eigenvalue weighted by Crippen LogP contribution is -2.22. The van der Waals surface area contributed by atoms with E-state index in [1.54, 1.807) is 0 Å². The normalized spacial score (nSPS) is 13.2. The van der Waals surface area contributed by atoms with Crippen molar-refractivity contribution in [2.45, 2.75) is 59.4 Å². The third-order valence-corrected chi connectivity index (χ3v) is 3.54. The first kappa shape index (κ1) is 15.1. The van der Waals surface area contributed by atoms with Crippen LogP contribution in [0.2, 0.25) is 0 Å². The van der Waals surface area contributed by atoms with Crippen molar-refractivity contribution in [3.8, 4) is 0 Å². The number of para-hydroxylation sites is 1. The molecule has 0 amide bonds. The summed E-state index contributed by atoms with van der Waals surface area (Å²) in [7, 11) is 0. The van der Waals surface area contributed by atoms with E-state index in [1.807, 2.05) is 12.1 Å². The van der Waals surface area contributed by atoms with Gasteiger partial charge in [0.05, 0.1) is 6.10 Å². The van der Waals surface area contributed by atoms with Crippen LogP contribution in [-0.4, -0.2) is 12.1 Å². The quantitative estimate of drug-likeness (QED) is 0.820. The van der Waals surface area contributed by atoms with Crippen LogP contribution in [0.15, 0.2) is 28.7 Å². The Hall–Kier alpha value is -1.32. The molecule has 2 rings (SSSR count). The predicted molar refractivity (Wildman–Crippen MR) is 82.7 cm³/mol. The highest BCUT2D eigenvalue weighted by Crippen LogP contribution is 2.27. The Morgan fingerprint density at radius 3 is 2.65 bits per heavy atom. The number of hydrogen-bond acceptors (Lipinski definition) is 3. The lowest BCUT2D eigenvalue weighted by molar-refractivity contribution is 0.0408. The Balaban J connectivity index is 2.24. The van der Waals surface area contributed by atoms with Gasteiger partial charge in [-0.3, -0.25) is 0 Å². The number of nitrogens with one attached hydrogen (secondary N) is 1. The highest BCUT2D eigenvalue weighted by Gasteiger charge is 2.14. The van der Waals surface area contributed by atoms with Gasteiger partial charge in [-0.05, 0) is 19.4 Å². The zero-order valence-corrected chi connectivity index (χ0v) is 12.9. The molecule has 0 aliphatic heterocycles. The number of hydrogen-bond donors (Lipinski definition) is 1. The summed E-state index contributed by atoms with van der Waals surface area (Å²) in [5.74, 6) is 0.944. The third-order valence-electron chi connectivity index (χ3n) is 3.54. The van der Waals surface area contributed by atoms with Gasteiger partial charge in [-0.1, -0.05) is 39.0 Å². The predicted octanol–water partition coefficient (Wildman–Crippen LogP) is 4.25. The van der Waals surface area contributed by atoms with Crippen molar-refractivity contribution in [2.75, 3.05) is 0 Å². The summed E-state index contributed by atoms with van der Waals surface area (Å²) in [6, 6.07) is 8.64. The first-order chi connectivity index (χ1) is 9.61. The summed E-state index contributed by atoms with van der Waals surface area (Å²) < 4.78 is 11.8. The maximum Gasteiger partial charge on any atom is 0.135 e. The Kier molecular flexibility index (Phi) is 5.21. The van der Waals surface area contributed by atoms with Crippen LogP contribution in [0, 0.1) is 0 Å². The molecule has 3 nitrogen and oxygen atoms in total. The van der Waals surface area contributed by atoms with Crippen LogP contribution in [0.1, 0.15) is 45.4 Å². The molecule has 1 aromatic heterocycles. The molecule has 0 aliphatic carbocycles. The van der Waals surface area contributed by atoms with Gasteiger partial charge in [0.2, 0.25) is 0 Å². The van der Waals surface area contributed by atoms with Crippen molar-refractivity contribution < 1.29 is 9.15 Å². The van der Waals surface area contributed by atoms with Crippen molar-refractivity contribution in [1.29, 1.82) is 0 Å². The second-order valence-corrected chi connectivity index (χ2v) is 5.57. The first-order valence-corrected chi connectivity index (χ1v) is 7.46. The molecule has 2 aromatic rings. The van der Waals surface area contributed by atoms with Gasteiger partial charge < -0.3 is 14.5 Å². The van der Waals surface area contributed by atoms with Crippen molar-refractivity contribution >= 4 is 11.0 Å². The second kappa shape index (κ2) is 6.91. The van der Waals surface area contributed by atoms with Crippen LogP contribution >= 0.6 is 0 Å². The van der Waals surface area contributed by atoms with Crippen LogP contribution in [0.25, 0.3) is 11.0 Å². The molecule has 0 radical (unpaired) electrons. The standard InChI is InChI=1S/C17H25NO2/c1-5-13(4)19-11-17-15(10-18-12(2)3)14-8-6-7-9-16(14)20-17/h6-9,12-13,18H,5,10-11H2,1-4H3. The minimum absolute atomic E-state index is 0.258. The molecular weight excluding hydrogens is 250 g/mol. The molecule has 1 unspecified atom stereocenters. The van der Waals surface area contributed by atoms with E-state index in [-0.39, 0.29) is 6.10 Å². The highest BCUT2D eigenvalue weighted by atomic mass is 16.5. The fourth-order valence-electron chi connectivity index (χ4n) is 2.10. The smallest absolute Gasteiger partial charge is 0.135 e. The summed E-state index contributed by atoms with van der Waals surface area (Å²) in [6.07, 6.45) is 1.27. The zero-order valence-electron chi connectivity index (χ0n) is 12.9. The number of rotatable bonds is 7. The van der Waals surface area contributed by atoms with Gasteiger partial charge in [0.25, 0.3) is 0 Å². The summed E-state index contributed by atoms with van der Waals surface area (Å²) in [5, 5.41) is 4.65. The van der Waals surface area contributed by atoms with E-state index in [9.17, 15) is 0 Å². The van der Waals surface area contributed by atoms with Crippen LogP contribution in [0.4, 0.5) is 0 Å². The average Bonchev–Trinajstić information content (AvgIpc) is 2.80. The molecule has 0 saturated carbocycles. The molecule has 0 aliphatic rings. The Morgan fingerprint density at radius 1 is 1.20 bits per heavy atom. The molecule has 1 N–H and O–H groups in total. The molecule has 0 spiro atoms. The molecule has 1 heterocycles. The highest BCUT2D eigenvalue weighted by molar-refractivity contribution is 5.82. The van der Waals surface area contributed by atoms with E-state index in [2.05, 4.69) is 45.1 Å². The molecule has 0 bridgehead atoms. The van der Waals surface area contributed by atoms with Crippen molar-refractivity contribution in [3.05, 3.63) is 35.6 Å². The van der Waals surface area contributed by atoms with Gasteiger partial charge >= 0.3 is 0 Å². The Morgan fingerprint density at radius 2 is 1.95 bits per heavy atom. The van der Waals surface area contributed by atoms with Gasteiger partial charge in [-0.25, -0.2) is 0 Å². The summed E-state index contributed by atoms with van der Waals surface area (Å²) in [5.41, 5.74) is 2.16. The Labute approximate surface area is 121 Å². The van der Waals surface area contributed by atoms with E-state index in [0.717, 1.165) is 24.3 Å². The van der Waals surface area contributed by atoms with Gasteiger partial charge in [0.1, 0.15) is 18.0 Å². The monoisotopic (exact) mass is 275 g/mol. The SMILES string of the molecule is CCC(C)OCc1oc2ccccc2c1CNC(C)C. The van der Waals surface area contributed by atoms with Crippen LogP contribution in [0.3, 0.4) is 0 Å². The molecule has 110 valence electrons. The maximum atomic E-state index is 5.96. The molecule has 20 heavy (non-hydrogen) atoms. The largest absolute Gasteiger partial charge is 0.458 e. The molecule has 1 aromatic carbocycles. The fraction of sp³-hybridized carbons (Fsp3) is 0.529. The van der Waals surface area contributed by atoms with Crippen molar-refractivity contribution in [1.82, 2.24) is 5.32 Å². The third kappa shape index (κ3) is 3.62. The topological polar surface area (TPSA) is 34.4 Å². The second-order valence-electron chi connectivity index (χ2n) is 5.57. The Bertz CT molecular complexity index is 545.